The normalized spacial score (nSPS) is 9.94. The molecule has 0 atom stereocenters. The SMILES string of the molecule is CCCNC(=O)COC(=O)c1cc(Br)ccc1Cl. The van der Waals surface area contributed by atoms with E-state index in [9.17, 15) is 9.59 Å². The molecule has 0 heterocycles. The van der Waals surface area contributed by atoms with Gasteiger partial charge in [-0.3, -0.25) is 4.79 Å². The van der Waals surface area contributed by atoms with Gasteiger partial charge in [0, 0.05) is 11.0 Å². The third-order valence-electron chi connectivity index (χ3n) is 2.05. The molecule has 0 unspecified atom stereocenters. The van der Waals surface area contributed by atoms with Crippen LogP contribution in [-0.4, -0.2) is 25.0 Å². The van der Waals surface area contributed by atoms with Gasteiger partial charge < -0.3 is 10.1 Å². The third-order valence-corrected chi connectivity index (χ3v) is 2.88. The topological polar surface area (TPSA) is 55.4 Å². The van der Waals surface area contributed by atoms with E-state index in [1.807, 2.05) is 6.92 Å². The number of carbonyl (C=O) groups excluding carboxylic acids is 2. The summed E-state index contributed by atoms with van der Waals surface area (Å²) in [6.45, 7) is 2.20. The van der Waals surface area contributed by atoms with Crippen molar-refractivity contribution in [2.45, 2.75) is 13.3 Å². The molecule has 4 nitrogen and oxygen atoms in total. The van der Waals surface area contributed by atoms with Gasteiger partial charge in [-0.2, -0.15) is 0 Å². The Balaban J connectivity index is 2.55. The van der Waals surface area contributed by atoms with E-state index in [1.54, 1.807) is 18.2 Å². The summed E-state index contributed by atoms with van der Waals surface area (Å²) in [4.78, 5) is 22.9. The molecule has 18 heavy (non-hydrogen) atoms. The second kappa shape index (κ2) is 7.38. The standard InChI is InChI=1S/C12H13BrClNO3/c1-2-5-15-11(16)7-18-12(17)9-6-8(13)3-4-10(9)14/h3-4,6H,2,5,7H2,1H3,(H,15,16). The molecule has 0 fully saturated rings. The Morgan fingerprint density at radius 1 is 1.44 bits per heavy atom. The van der Waals surface area contributed by atoms with Crippen molar-refractivity contribution >= 4 is 39.4 Å². The van der Waals surface area contributed by atoms with Crippen LogP contribution in [0.25, 0.3) is 0 Å². The van der Waals surface area contributed by atoms with Gasteiger partial charge in [-0.05, 0) is 24.6 Å². The van der Waals surface area contributed by atoms with E-state index in [0.29, 0.717) is 11.0 Å². The molecular formula is C12H13BrClNO3. The van der Waals surface area contributed by atoms with Gasteiger partial charge in [-0.15, -0.1) is 0 Å². The van der Waals surface area contributed by atoms with E-state index < -0.39 is 5.97 Å². The van der Waals surface area contributed by atoms with Crippen LogP contribution in [0.5, 0.6) is 0 Å². The zero-order valence-electron chi connectivity index (χ0n) is 9.83. The molecule has 1 aromatic carbocycles. The van der Waals surface area contributed by atoms with Crippen LogP contribution in [0, 0.1) is 0 Å². The lowest BCUT2D eigenvalue weighted by Crippen LogP contribution is -2.29. The first-order chi connectivity index (χ1) is 8.54. The maximum atomic E-state index is 11.7. The van der Waals surface area contributed by atoms with Crippen molar-refractivity contribution in [3.8, 4) is 0 Å². The Hall–Kier alpha value is -1.07. The minimum atomic E-state index is -0.618. The lowest BCUT2D eigenvalue weighted by molar-refractivity contribution is -0.124. The number of halogens is 2. The molecule has 1 N–H and O–H groups in total. The number of esters is 1. The fourth-order valence-corrected chi connectivity index (χ4v) is 1.73. The highest BCUT2D eigenvalue weighted by molar-refractivity contribution is 9.10. The van der Waals surface area contributed by atoms with Gasteiger partial charge in [-0.25, -0.2) is 4.79 Å². The van der Waals surface area contributed by atoms with Gasteiger partial charge in [0.1, 0.15) is 0 Å². The fraction of sp³-hybridized carbons (Fsp3) is 0.333. The van der Waals surface area contributed by atoms with Gasteiger partial charge >= 0.3 is 5.97 Å². The molecule has 1 rings (SSSR count). The van der Waals surface area contributed by atoms with Crippen molar-refractivity contribution in [1.29, 1.82) is 0 Å². The molecule has 0 aliphatic carbocycles. The van der Waals surface area contributed by atoms with Gasteiger partial charge in [0.25, 0.3) is 5.91 Å². The molecule has 1 amide bonds. The zero-order valence-corrected chi connectivity index (χ0v) is 12.2. The Labute approximate surface area is 119 Å². The molecule has 0 radical (unpaired) electrons. The number of ether oxygens (including phenoxy) is 1. The zero-order chi connectivity index (χ0) is 13.5. The van der Waals surface area contributed by atoms with Crippen LogP contribution >= 0.6 is 27.5 Å². The summed E-state index contributed by atoms with van der Waals surface area (Å²) in [7, 11) is 0. The molecule has 0 spiro atoms. The molecule has 0 aromatic heterocycles. The maximum absolute atomic E-state index is 11.7. The van der Waals surface area contributed by atoms with Gasteiger partial charge in [-0.1, -0.05) is 34.5 Å². The molecule has 0 saturated heterocycles. The molecule has 98 valence electrons. The van der Waals surface area contributed by atoms with Crippen molar-refractivity contribution in [1.82, 2.24) is 5.32 Å². The first-order valence-electron chi connectivity index (χ1n) is 5.43. The van der Waals surface area contributed by atoms with Crippen LogP contribution in [0.15, 0.2) is 22.7 Å². The van der Waals surface area contributed by atoms with Gasteiger partial charge in [0.15, 0.2) is 6.61 Å². The van der Waals surface area contributed by atoms with Crippen LogP contribution in [0.4, 0.5) is 0 Å². The van der Waals surface area contributed by atoms with Crippen molar-refractivity contribution < 1.29 is 14.3 Å². The molecule has 0 aliphatic rings. The largest absolute Gasteiger partial charge is 0.452 e. The van der Waals surface area contributed by atoms with Crippen LogP contribution in [0.1, 0.15) is 23.7 Å². The van der Waals surface area contributed by atoms with E-state index in [1.165, 1.54) is 0 Å². The second-order valence-electron chi connectivity index (χ2n) is 3.55. The second-order valence-corrected chi connectivity index (χ2v) is 4.87. The van der Waals surface area contributed by atoms with Gasteiger partial charge in [0.05, 0.1) is 10.6 Å². The summed E-state index contributed by atoms with van der Waals surface area (Å²) < 4.78 is 5.58. The Morgan fingerprint density at radius 2 is 2.17 bits per heavy atom. The predicted octanol–water partition coefficient (Wildman–Crippen LogP) is 2.79. The van der Waals surface area contributed by atoms with E-state index in [-0.39, 0.29) is 23.1 Å². The summed E-state index contributed by atoms with van der Waals surface area (Å²) in [6.07, 6.45) is 0.831. The quantitative estimate of drug-likeness (QED) is 0.842. The summed E-state index contributed by atoms with van der Waals surface area (Å²) >= 11 is 9.10. The number of amides is 1. The summed E-state index contributed by atoms with van der Waals surface area (Å²) in [6, 6.07) is 4.85. The molecule has 0 bridgehead atoms. The molecule has 0 saturated carbocycles. The van der Waals surface area contributed by atoms with Gasteiger partial charge in [0.2, 0.25) is 0 Å². The first kappa shape index (κ1) is 15.0. The number of hydrogen-bond donors (Lipinski definition) is 1. The number of benzene rings is 1. The lowest BCUT2D eigenvalue weighted by Gasteiger charge is -2.07. The maximum Gasteiger partial charge on any atom is 0.340 e. The average molecular weight is 335 g/mol. The van der Waals surface area contributed by atoms with Crippen molar-refractivity contribution in [3.05, 3.63) is 33.3 Å². The number of hydrogen-bond acceptors (Lipinski definition) is 3. The first-order valence-corrected chi connectivity index (χ1v) is 6.60. The highest BCUT2D eigenvalue weighted by Crippen LogP contribution is 2.21. The highest BCUT2D eigenvalue weighted by atomic mass is 79.9. The van der Waals surface area contributed by atoms with E-state index in [0.717, 1.165) is 6.42 Å². The average Bonchev–Trinajstić information content (AvgIpc) is 2.36. The fourth-order valence-electron chi connectivity index (χ4n) is 1.18. The van der Waals surface area contributed by atoms with Crippen LogP contribution in [0.2, 0.25) is 5.02 Å². The molecule has 0 aliphatic heterocycles. The number of nitrogens with one attached hydrogen (secondary N) is 1. The van der Waals surface area contributed by atoms with E-state index in [2.05, 4.69) is 21.2 Å². The third kappa shape index (κ3) is 4.66. The van der Waals surface area contributed by atoms with Crippen molar-refractivity contribution in [2.24, 2.45) is 0 Å². The Kier molecular flexibility index (Phi) is 6.15. The van der Waals surface area contributed by atoms with Crippen molar-refractivity contribution in [2.75, 3.05) is 13.2 Å². The Bertz CT molecular complexity index is 451. The Morgan fingerprint density at radius 3 is 2.83 bits per heavy atom. The summed E-state index contributed by atoms with van der Waals surface area (Å²) in [5, 5.41) is 2.90. The minimum Gasteiger partial charge on any atom is -0.452 e. The summed E-state index contributed by atoms with van der Waals surface area (Å²) in [5.74, 6) is -0.940. The highest BCUT2D eigenvalue weighted by Gasteiger charge is 2.13. The van der Waals surface area contributed by atoms with Crippen LogP contribution in [0.3, 0.4) is 0 Å². The van der Waals surface area contributed by atoms with Crippen LogP contribution in [-0.2, 0) is 9.53 Å². The minimum absolute atomic E-state index is 0.231. The number of carbonyl (C=O) groups is 2. The monoisotopic (exact) mass is 333 g/mol. The molecule has 1 aromatic rings. The predicted molar refractivity (Wildman–Crippen MR) is 72.7 cm³/mol. The lowest BCUT2D eigenvalue weighted by atomic mass is 10.2. The van der Waals surface area contributed by atoms with Crippen molar-refractivity contribution in [3.63, 3.8) is 0 Å². The molecule has 6 heteroatoms. The van der Waals surface area contributed by atoms with E-state index in [4.69, 9.17) is 16.3 Å². The molecular weight excluding hydrogens is 321 g/mol. The smallest absolute Gasteiger partial charge is 0.340 e. The number of rotatable bonds is 5. The summed E-state index contributed by atoms with van der Waals surface area (Å²) in [5.41, 5.74) is 0.231. The van der Waals surface area contributed by atoms with E-state index >= 15 is 0 Å². The van der Waals surface area contributed by atoms with Crippen LogP contribution < -0.4 is 5.32 Å².